The first-order valence-electron chi connectivity index (χ1n) is 20.2. The fourth-order valence-corrected chi connectivity index (χ4v) is 6.75. The van der Waals surface area contributed by atoms with Crippen LogP contribution in [0.2, 0.25) is 0 Å². The van der Waals surface area contributed by atoms with Crippen LogP contribution in [-0.4, -0.2) is 34.0 Å². The maximum absolute atomic E-state index is 11.4. The van der Waals surface area contributed by atoms with Crippen molar-refractivity contribution in [2.24, 2.45) is 0 Å². The molecule has 0 amide bonds. The second-order valence-corrected chi connectivity index (χ2v) is 14.4. The van der Waals surface area contributed by atoms with Crippen molar-refractivity contribution in [3.8, 4) is 0 Å². The maximum Gasteiger partial charge on any atom is 0.404 e. The lowest BCUT2D eigenvalue weighted by molar-refractivity contribution is -0.0654. The van der Waals surface area contributed by atoms with Gasteiger partial charge in [-0.05, 0) is 19.3 Å². The molecule has 0 saturated carbocycles. The normalized spacial score (nSPS) is 13.6. The highest BCUT2D eigenvalue weighted by Gasteiger charge is 2.28. The Hall–Kier alpha value is -0.320. The van der Waals surface area contributed by atoms with Crippen LogP contribution >= 0.6 is 11.6 Å². The van der Waals surface area contributed by atoms with Crippen molar-refractivity contribution in [2.75, 3.05) is 0 Å². The number of ether oxygens (including phenoxy) is 1. The molecule has 0 bridgehead atoms. The molecular weight excluding hydrogens is 580 g/mol. The summed E-state index contributed by atoms with van der Waals surface area (Å²) in [5.41, 5.74) is -0.898. The van der Waals surface area contributed by atoms with Gasteiger partial charge in [-0.2, -0.15) is 0 Å². The predicted molar refractivity (Wildman–Crippen MR) is 196 cm³/mol. The molecule has 0 aromatic heterocycles. The van der Waals surface area contributed by atoms with E-state index in [9.17, 15) is 15.0 Å². The molecule has 0 aromatic carbocycles. The number of aliphatic hydroxyl groups excluding tert-OH is 2. The Kier molecular flexibility index (Phi) is 36.3. The summed E-state index contributed by atoms with van der Waals surface area (Å²) in [6.07, 6.45) is 40.2. The van der Waals surface area contributed by atoms with E-state index in [0.717, 1.165) is 32.1 Å². The van der Waals surface area contributed by atoms with Crippen molar-refractivity contribution in [1.82, 2.24) is 0 Å². The van der Waals surface area contributed by atoms with Crippen LogP contribution in [0.1, 0.15) is 232 Å². The largest absolute Gasteiger partial charge is 0.448 e. The molecule has 0 aliphatic heterocycles. The van der Waals surface area contributed by atoms with E-state index in [1.165, 1.54) is 173 Å². The minimum atomic E-state index is -1.07. The second-order valence-electron chi connectivity index (χ2n) is 14.1. The molecule has 0 spiro atoms. The van der Waals surface area contributed by atoms with Crippen molar-refractivity contribution in [3.05, 3.63) is 0 Å². The van der Waals surface area contributed by atoms with E-state index in [4.69, 9.17) is 16.3 Å². The Balaban J connectivity index is 3.71. The zero-order valence-corrected chi connectivity index (χ0v) is 31.1. The summed E-state index contributed by atoms with van der Waals surface area (Å²) < 4.78 is 5.21. The van der Waals surface area contributed by atoms with E-state index >= 15 is 0 Å². The standard InChI is InChI=1S/C40H79ClO4/c1-3-5-7-9-11-13-15-17-19-21-23-25-27-29-31-33-35-37(42)39(43)38(45-40(41)44)36-34-32-30-28-26-24-22-20-18-16-14-12-10-8-6-4-2/h37-39,42-43H,3-36H2,1-2H3. The summed E-state index contributed by atoms with van der Waals surface area (Å²) in [5, 5.41) is 21.3. The zero-order valence-electron chi connectivity index (χ0n) is 30.4. The number of hydrogen-bond donors (Lipinski definition) is 2. The average Bonchev–Trinajstić information content (AvgIpc) is 3.03. The van der Waals surface area contributed by atoms with Gasteiger partial charge in [0.05, 0.1) is 6.10 Å². The van der Waals surface area contributed by atoms with E-state index in [2.05, 4.69) is 13.8 Å². The van der Waals surface area contributed by atoms with Gasteiger partial charge < -0.3 is 14.9 Å². The fourth-order valence-electron chi connectivity index (χ4n) is 6.63. The van der Waals surface area contributed by atoms with Crippen molar-refractivity contribution < 1.29 is 19.7 Å². The predicted octanol–water partition coefficient (Wildman–Crippen LogP) is 13.8. The Morgan fingerprint density at radius 3 is 0.956 bits per heavy atom. The van der Waals surface area contributed by atoms with Gasteiger partial charge >= 0.3 is 5.43 Å². The molecule has 0 rings (SSSR count). The van der Waals surface area contributed by atoms with Gasteiger partial charge in [0, 0.05) is 11.6 Å². The first-order chi connectivity index (χ1) is 22.0. The van der Waals surface area contributed by atoms with Gasteiger partial charge in [0.1, 0.15) is 12.2 Å². The Morgan fingerprint density at radius 1 is 0.444 bits per heavy atom. The third kappa shape index (κ3) is 33.4. The van der Waals surface area contributed by atoms with Crippen LogP contribution in [0.25, 0.3) is 0 Å². The van der Waals surface area contributed by atoms with Crippen molar-refractivity contribution in [1.29, 1.82) is 0 Å². The van der Waals surface area contributed by atoms with Crippen LogP contribution in [-0.2, 0) is 4.74 Å². The van der Waals surface area contributed by atoms with E-state index in [0.29, 0.717) is 12.8 Å². The number of rotatable bonds is 37. The molecule has 4 nitrogen and oxygen atoms in total. The fraction of sp³-hybridized carbons (Fsp3) is 0.975. The maximum atomic E-state index is 11.4. The molecular formula is C40H79ClO4. The molecule has 0 heterocycles. The molecule has 270 valence electrons. The number of carbonyl (C=O) groups excluding carboxylic acids is 1. The van der Waals surface area contributed by atoms with Crippen LogP contribution in [0, 0.1) is 0 Å². The molecule has 2 N–H and O–H groups in total. The van der Waals surface area contributed by atoms with E-state index in [-0.39, 0.29) is 0 Å². The molecule has 5 heteroatoms. The van der Waals surface area contributed by atoms with Gasteiger partial charge in [-0.1, -0.05) is 213 Å². The van der Waals surface area contributed by atoms with Gasteiger partial charge in [-0.15, -0.1) is 0 Å². The number of hydrogen-bond acceptors (Lipinski definition) is 4. The summed E-state index contributed by atoms with van der Waals surface area (Å²) in [6.45, 7) is 4.55. The van der Waals surface area contributed by atoms with E-state index < -0.39 is 23.7 Å². The number of aliphatic hydroxyl groups is 2. The number of carbonyl (C=O) groups is 1. The number of halogens is 1. The van der Waals surface area contributed by atoms with E-state index in [1.807, 2.05) is 0 Å². The quantitative estimate of drug-likeness (QED) is 0.0515. The SMILES string of the molecule is CCCCCCCCCCCCCCCCCCC(O)C(O)C(CCCCCCCCCCCCCCCCCC)OC(=O)Cl. The Bertz CT molecular complexity index is 587. The van der Waals surface area contributed by atoms with Crippen molar-refractivity contribution >= 4 is 17.0 Å². The molecule has 0 aliphatic carbocycles. The molecule has 3 unspecified atom stereocenters. The van der Waals surface area contributed by atoms with Crippen LogP contribution in [0.5, 0.6) is 0 Å². The van der Waals surface area contributed by atoms with Gasteiger partial charge in [0.15, 0.2) is 0 Å². The minimum Gasteiger partial charge on any atom is -0.448 e. The Morgan fingerprint density at radius 2 is 0.689 bits per heavy atom. The third-order valence-corrected chi connectivity index (χ3v) is 9.80. The highest BCUT2D eigenvalue weighted by molar-refractivity contribution is 6.61. The lowest BCUT2D eigenvalue weighted by Gasteiger charge is -2.26. The third-order valence-electron chi connectivity index (χ3n) is 9.71. The summed E-state index contributed by atoms with van der Waals surface area (Å²) in [4.78, 5) is 11.4. The first-order valence-corrected chi connectivity index (χ1v) is 20.6. The second kappa shape index (κ2) is 36.5. The van der Waals surface area contributed by atoms with Crippen molar-refractivity contribution in [2.45, 2.75) is 250 Å². The van der Waals surface area contributed by atoms with Gasteiger partial charge in [-0.3, -0.25) is 0 Å². The Labute approximate surface area is 286 Å². The highest BCUT2D eigenvalue weighted by atomic mass is 35.5. The highest BCUT2D eigenvalue weighted by Crippen LogP contribution is 2.20. The zero-order chi connectivity index (χ0) is 33.1. The lowest BCUT2D eigenvalue weighted by Crippen LogP contribution is -2.39. The first kappa shape index (κ1) is 44.7. The summed E-state index contributed by atoms with van der Waals surface area (Å²) in [5.74, 6) is 0. The number of unbranched alkanes of at least 4 members (excludes halogenated alkanes) is 30. The monoisotopic (exact) mass is 659 g/mol. The van der Waals surface area contributed by atoms with Gasteiger partial charge in [0.25, 0.3) is 0 Å². The minimum absolute atomic E-state index is 0.537. The average molecular weight is 660 g/mol. The molecule has 0 aliphatic rings. The van der Waals surface area contributed by atoms with Crippen LogP contribution in [0.15, 0.2) is 0 Å². The van der Waals surface area contributed by atoms with Gasteiger partial charge in [0.2, 0.25) is 0 Å². The molecule has 0 aromatic rings. The lowest BCUT2D eigenvalue weighted by atomic mass is 9.97. The molecule has 45 heavy (non-hydrogen) atoms. The van der Waals surface area contributed by atoms with E-state index in [1.54, 1.807) is 0 Å². The molecule has 0 fully saturated rings. The molecule has 3 atom stereocenters. The summed E-state index contributed by atoms with van der Waals surface area (Å²) in [6, 6.07) is 0. The molecule has 0 saturated heterocycles. The molecule has 0 radical (unpaired) electrons. The topological polar surface area (TPSA) is 66.8 Å². The van der Waals surface area contributed by atoms with Gasteiger partial charge in [-0.25, -0.2) is 4.79 Å². The smallest absolute Gasteiger partial charge is 0.404 e. The summed E-state index contributed by atoms with van der Waals surface area (Å²) >= 11 is 5.49. The van der Waals surface area contributed by atoms with Crippen LogP contribution in [0.4, 0.5) is 4.79 Å². The summed E-state index contributed by atoms with van der Waals surface area (Å²) in [7, 11) is 0. The van der Waals surface area contributed by atoms with Crippen molar-refractivity contribution in [3.63, 3.8) is 0 Å². The van der Waals surface area contributed by atoms with Crippen LogP contribution < -0.4 is 0 Å². The van der Waals surface area contributed by atoms with Crippen LogP contribution in [0.3, 0.4) is 0 Å².